The van der Waals surface area contributed by atoms with Crippen molar-refractivity contribution in [3.8, 4) is 0 Å². The lowest BCUT2D eigenvalue weighted by molar-refractivity contribution is 0.817. The van der Waals surface area contributed by atoms with Crippen molar-refractivity contribution in [2.75, 3.05) is 6.54 Å². The van der Waals surface area contributed by atoms with Crippen LogP contribution in [0.15, 0.2) is 18.3 Å². The first kappa shape index (κ1) is 13.8. The van der Waals surface area contributed by atoms with E-state index in [1.54, 1.807) is 0 Å². The maximum atomic E-state index is 5.59. The standard InChI is InChI=1S/C16H23N3/c1-11-7-12(2)15(13(3)8-11)9-16-18-14(5-6-17)10-19(16)4/h7-8,10H,5-6,9,17H2,1-4H3. The molecule has 0 bridgehead atoms. The molecule has 3 heteroatoms. The fourth-order valence-corrected chi connectivity index (χ4v) is 2.65. The van der Waals surface area contributed by atoms with Gasteiger partial charge in [0.15, 0.2) is 0 Å². The molecule has 0 aliphatic heterocycles. The molecule has 0 aliphatic rings. The molecule has 0 saturated heterocycles. The lowest BCUT2D eigenvalue weighted by Crippen LogP contribution is -2.04. The van der Waals surface area contributed by atoms with Crippen LogP contribution in [0.25, 0.3) is 0 Å². The van der Waals surface area contributed by atoms with Crippen molar-refractivity contribution >= 4 is 0 Å². The van der Waals surface area contributed by atoms with Gasteiger partial charge in [-0.25, -0.2) is 4.98 Å². The van der Waals surface area contributed by atoms with E-state index in [0.29, 0.717) is 6.54 Å². The smallest absolute Gasteiger partial charge is 0.113 e. The summed E-state index contributed by atoms with van der Waals surface area (Å²) in [6, 6.07) is 4.48. The highest BCUT2D eigenvalue weighted by Gasteiger charge is 2.10. The average molecular weight is 257 g/mol. The third-order valence-electron chi connectivity index (χ3n) is 3.60. The van der Waals surface area contributed by atoms with E-state index in [1.807, 2.05) is 0 Å². The Morgan fingerprint density at radius 3 is 2.37 bits per heavy atom. The van der Waals surface area contributed by atoms with Gasteiger partial charge in [0, 0.05) is 26.1 Å². The maximum absolute atomic E-state index is 5.59. The predicted octanol–water partition coefficient (Wildman–Crippen LogP) is 2.44. The maximum Gasteiger partial charge on any atom is 0.113 e. The van der Waals surface area contributed by atoms with Crippen molar-refractivity contribution in [1.29, 1.82) is 0 Å². The Morgan fingerprint density at radius 1 is 1.16 bits per heavy atom. The number of aryl methyl sites for hydroxylation is 4. The van der Waals surface area contributed by atoms with Gasteiger partial charge in [0.25, 0.3) is 0 Å². The summed E-state index contributed by atoms with van der Waals surface area (Å²) in [6.45, 7) is 7.15. The van der Waals surface area contributed by atoms with E-state index in [0.717, 1.165) is 24.4 Å². The van der Waals surface area contributed by atoms with E-state index >= 15 is 0 Å². The Balaban J connectivity index is 2.31. The molecular formula is C16H23N3. The topological polar surface area (TPSA) is 43.8 Å². The molecule has 0 fully saturated rings. The Bertz CT molecular complexity index is 559. The van der Waals surface area contributed by atoms with Crippen LogP contribution in [-0.2, 0) is 19.9 Å². The Morgan fingerprint density at radius 2 is 1.79 bits per heavy atom. The molecule has 0 saturated carbocycles. The molecule has 0 atom stereocenters. The summed E-state index contributed by atoms with van der Waals surface area (Å²) in [5.41, 5.74) is 12.1. The van der Waals surface area contributed by atoms with Crippen molar-refractivity contribution in [2.45, 2.75) is 33.6 Å². The van der Waals surface area contributed by atoms with Gasteiger partial charge in [0.05, 0.1) is 5.69 Å². The quantitative estimate of drug-likeness (QED) is 0.914. The molecule has 0 unspecified atom stereocenters. The first-order chi connectivity index (χ1) is 9.01. The number of nitrogens with zero attached hydrogens (tertiary/aromatic N) is 2. The molecule has 2 aromatic rings. The molecule has 0 spiro atoms. The van der Waals surface area contributed by atoms with Gasteiger partial charge in [-0.3, -0.25) is 0 Å². The van der Waals surface area contributed by atoms with E-state index in [9.17, 15) is 0 Å². The van der Waals surface area contributed by atoms with E-state index in [-0.39, 0.29) is 0 Å². The molecule has 0 aliphatic carbocycles. The van der Waals surface area contributed by atoms with Gasteiger partial charge in [0.2, 0.25) is 0 Å². The monoisotopic (exact) mass is 257 g/mol. The normalized spacial score (nSPS) is 11.0. The fourth-order valence-electron chi connectivity index (χ4n) is 2.65. The van der Waals surface area contributed by atoms with Crippen molar-refractivity contribution in [1.82, 2.24) is 9.55 Å². The molecule has 19 heavy (non-hydrogen) atoms. The van der Waals surface area contributed by atoms with Crippen LogP contribution in [0.4, 0.5) is 0 Å². The summed E-state index contributed by atoms with van der Waals surface area (Å²) < 4.78 is 2.11. The minimum atomic E-state index is 0.652. The second-order valence-corrected chi connectivity index (χ2v) is 5.35. The van der Waals surface area contributed by atoms with Crippen LogP contribution in [0, 0.1) is 20.8 Å². The van der Waals surface area contributed by atoms with Gasteiger partial charge in [-0.2, -0.15) is 0 Å². The number of imidazole rings is 1. The molecule has 1 aromatic heterocycles. The summed E-state index contributed by atoms with van der Waals surface area (Å²) in [5, 5.41) is 0. The molecular weight excluding hydrogens is 234 g/mol. The summed E-state index contributed by atoms with van der Waals surface area (Å²) in [4.78, 5) is 4.68. The van der Waals surface area contributed by atoms with Crippen LogP contribution in [0.5, 0.6) is 0 Å². The molecule has 2 rings (SSSR count). The lowest BCUT2D eigenvalue weighted by Gasteiger charge is -2.11. The molecule has 3 nitrogen and oxygen atoms in total. The fraction of sp³-hybridized carbons (Fsp3) is 0.438. The minimum Gasteiger partial charge on any atom is -0.337 e. The van der Waals surface area contributed by atoms with Crippen molar-refractivity contribution in [3.05, 3.63) is 52.1 Å². The molecule has 0 amide bonds. The SMILES string of the molecule is Cc1cc(C)c(Cc2nc(CCN)cn2C)c(C)c1. The van der Waals surface area contributed by atoms with Gasteiger partial charge in [-0.1, -0.05) is 17.7 Å². The molecule has 1 heterocycles. The average Bonchev–Trinajstić information content (AvgIpc) is 2.64. The Kier molecular flexibility index (Phi) is 4.05. The first-order valence-electron chi connectivity index (χ1n) is 6.79. The number of hydrogen-bond acceptors (Lipinski definition) is 2. The number of nitrogens with two attached hydrogens (primary N) is 1. The minimum absolute atomic E-state index is 0.652. The summed E-state index contributed by atoms with van der Waals surface area (Å²) in [6.07, 6.45) is 3.82. The summed E-state index contributed by atoms with van der Waals surface area (Å²) in [5.74, 6) is 1.11. The second-order valence-electron chi connectivity index (χ2n) is 5.35. The lowest BCUT2D eigenvalue weighted by atomic mass is 9.97. The van der Waals surface area contributed by atoms with E-state index < -0.39 is 0 Å². The van der Waals surface area contributed by atoms with Gasteiger partial charge in [-0.15, -0.1) is 0 Å². The molecule has 0 radical (unpaired) electrons. The van der Waals surface area contributed by atoms with Crippen molar-refractivity contribution < 1.29 is 0 Å². The predicted molar refractivity (Wildman–Crippen MR) is 79.4 cm³/mol. The van der Waals surface area contributed by atoms with Crippen molar-refractivity contribution in [3.63, 3.8) is 0 Å². The van der Waals surface area contributed by atoms with Crippen LogP contribution < -0.4 is 5.73 Å². The molecule has 102 valence electrons. The summed E-state index contributed by atoms with van der Waals surface area (Å²) in [7, 11) is 2.06. The van der Waals surface area contributed by atoms with Crippen molar-refractivity contribution in [2.24, 2.45) is 12.8 Å². The van der Waals surface area contributed by atoms with Crippen LogP contribution in [0.2, 0.25) is 0 Å². The zero-order valence-corrected chi connectivity index (χ0v) is 12.3. The number of aromatic nitrogens is 2. The zero-order chi connectivity index (χ0) is 14.0. The van der Waals surface area contributed by atoms with Gasteiger partial charge >= 0.3 is 0 Å². The third kappa shape index (κ3) is 3.04. The number of hydrogen-bond donors (Lipinski definition) is 1. The zero-order valence-electron chi connectivity index (χ0n) is 12.3. The van der Waals surface area contributed by atoms with Gasteiger partial charge in [0.1, 0.15) is 5.82 Å². The largest absolute Gasteiger partial charge is 0.337 e. The highest BCUT2D eigenvalue weighted by molar-refractivity contribution is 5.39. The van der Waals surface area contributed by atoms with Crippen LogP contribution in [-0.4, -0.2) is 16.1 Å². The van der Waals surface area contributed by atoms with E-state index in [2.05, 4.69) is 55.7 Å². The highest BCUT2D eigenvalue weighted by atomic mass is 15.0. The molecule has 2 N–H and O–H groups in total. The van der Waals surface area contributed by atoms with Crippen LogP contribution in [0.3, 0.4) is 0 Å². The summed E-state index contributed by atoms with van der Waals surface area (Å²) >= 11 is 0. The second kappa shape index (κ2) is 5.57. The first-order valence-corrected chi connectivity index (χ1v) is 6.79. The van der Waals surface area contributed by atoms with E-state index in [1.165, 1.54) is 22.3 Å². The van der Waals surface area contributed by atoms with Gasteiger partial charge < -0.3 is 10.3 Å². The highest BCUT2D eigenvalue weighted by Crippen LogP contribution is 2.19. The number of benzene rings is 1. The van der Waals surface area contributed by atoms with Gasteiger partial charge in [-0.05, 0) is 44.0 Å². The third-order valence-corrected chi connectivity index (χ3v) is 3.60. The molecule has 1 aromatic carbocycles. The van der Waals surface area contributed by atoms with Crippen LogP contribution in [0.1, 0.15) is 33.8 Å². The number of rotatable bonds is 4. The van der Waals surface area contributed by atoms with Crippen LogP contribution >= 0.6 is 0 Å². The Hall–Kier alpha value is -1.61. The Labute approximate surface area is 115 Å². The van der Waals surface area contributed by atoms with E-state index in [4.69, 9.17) is 5.73 Å².